The van der Waals surface area contributed by atoms with Crippen molar-refractivity contribution in [3.05, 3.63) is 23.7 Å². The maximum atomic E-state index is 13.1. The molecule has 1 N–H and O–H groups in total. The third kappa shape index (κ3) is 3.50. The first-order chi connectivity index (χ1) is 11.3. The molecule has 24 heavy (non-hydrogen) atoms. The van der Waals surface area contributed by atoms with Crippen LogP contribution in [0.5, 0.6) is 0 Å². The highest BCUT2D eigenvalue weighted by atomic mass is 19.4. The van der Waals surface area contributed by atoms with Crippen LogP contribution in [-0.2, 0) is 18.0 Å². The van der Waals surface area contributed by atoms with Crippen LogP contribution in [0.15, 0.2) is 12.3 Å². The average molecular weight is 341 g/mol. The number of aromatic nitrogens is 4. The lowest BCUT2D eigenvalue weighted by molar-refractivity contribution is -0.141. The van der Waals surface area contributed by atoms with E-state index in [1.54, 1.807) is 18.7 Å². The summed E-state index contributed by atoms with van der Waals surface area (Å²) in [5, 5.41) is 6.92. The number of nitrogens with one attached hydrogen (secondary N) is 1. The van der Waals surface area contributed by atoms with Gasteiger partial charge in [0.2, 0.25) is 5.95 Å². The zero-order valence-corrected chi connectivity index (χ0v) is 13.4. The van der Waals surface area contributed by atoms with Gasteiger partial charge < -0.3 is 10.1 Å². The Bertz CT molecular complexity index is 722. The summed E-state index contributed by atoms with van der Waals surface area (Å²) in [6.07, 6.45) is -1.24. The predicted molar refractivity (Wildman–Crippen MR) is 81.4 cm³/mol. The molecule has 2 aromatic heterocycles. The number of hydrogen-bond donors (Lipinski definition) is 1. The van der Waals surface area contributed by atoms with Gasteiger partial charge in [-0.15, -0.1) is 0 Å². The molecule has 1 atom stereocenters. The van der Waals surface area contributed by atoms with Crippen molar-refractivity contribution in [2.45, 2.75) is 32.0 Å². The standard InChI is InChI=1S/C15H18F3N5O/c1-9-11(8-20-23(9)2)12-6-13(15(16,17)18)22-14(21-12)19-7-10-4-3-5-24-10/h6,8,10H,3-5,7H2,1-2H3,(H,19,21,22). The molecule has 2 aromatic rings. The predicted octanol–water partition coefficient (Wildman–Crippen LogP) is 2.80. The molecule has 0 aliphatic carbocycles. The summed E-state index contributed by atoms with van der Waals surface area (Å²) in [5.41, 5.74) is 0.487. The maximum Gasteiger partial charge on any atom is 0.433 e. The van der Waals surface area contributed by atoms with Crippen molar-refractivity contribution in [2.75, 3.05) is 18.5 Å². The lowest BCUT2D eigenvalue weighted by Gasteiger charge is -2.14. The lowest BCUT2D eigenvalue weighted by atomic mass is 10.1. The number of ether oxygens (including phenoxy) is 1. The van der Waals surface area contributed by atoms with Crippen LogP contribution in [0, 0.1) is 6.92 Å². The second-order valence-corrected chi connectivity index (χ2v) is 5.74. The minimum absolute atomic E-state index is 0.0216. The fourth-order valence-electron chi connectivity index (χ4n) is 2.57. The summed E-state index contributed by atoms with van der Waals surface area (Å²) in [4.78, 5) is 7.82. The second-order valence-electron chi connectivity index (χ2n) is 5.74. The number of aryl methyl sites for hydroxylation is 1. The van der Waals surface area contributed by atoms with Gasteiger partial charge in [0, 0.05) is 31.5 Å². The van der Waals surface area contributed by atoms with Crippen molar-refractivity contribution >= 4 is 5.95 Å². The summed E-state index contributed by atoms with van der Waals surface area (Å²) < 4.78 is 46.5. The van der Waals surface area contributed by atoms with Crippen molar-refractivity contribution in [1.82, 2.24) is 19.7 Å². The van der Waals surface area contributed by atoms with Crippen LogP contribution in [0.4, 0.5) is 19.1 Å². The van der Waals surface area contributed by atoms with Crippen molar-refractivity contribution in [1.29, 1.82) is 0 Å². The molecule has 0 aromatic carbocycles. The van der Waals surface area contributed by atoms with E-state index in [4.69, 9.17) is 4.74 Å². The van der Waals surface area contributed by atoms with Gasteiger partial charge in [-0.3, -0.25) is 4.68 Å². The minimum Gasteiger partial charge on any atom is -0.376 e. The fourth-order valence-corrected chi connectivity index (χ4v) is 2.57. The van der Waals surface area contributed by atoms with Crippen LogP contribution in [0.3, 0.4) is 0 Å². The first-order valence-corrected chi connectivity index (χ1v) is 7.65. The van der Waals surface area contributed by atoms with Crippen molar-refractivity contribution in [3.63, 3.8) is 0 Å². The molecule has 3 heterocycles. The molecule has 6 nitrogen and oxygen atoms in total. The number of alkyl halides is 3. The smallest absolute Gasteiger partial charge is 0.376 e. The molecule has 3 rings (SSSR count). The Labute approximate surface area is 137 Å². The van der Waals surface area contributed by atoms with Gasteiger partial charge in [-0.2, -0.15) is 18.3 Å². The van der Waals surface area contributed by atoms with E-state index >= 15 is 0 Å². The molecule has 0 saturated carbocycles. The number of anilines is 1. The Morgan fingerprint density at radius 1 is 1.38 bits per heavy atom. The molecule has 1 unspecified atom stereocenters. The van der Waals surface area contributed by atoms with E-state index in [1.165, 1.54) is 6.20 Å². The van der Waals surface area contributed by atoms with Gasteiger partial charge in [-0.25, -0.2) is 9.97 Å². The van der Waals surface area contributed by atoms with Crippen molar-refractivity contribution in [3.8, 4) is 11.3 Å². The molecule has 9 heteroatoms. The molecule has 1 aliphatic rings. The second kappa shape index (κ2) is 6.39. The van der Waals surface area contributed by atoms with Gasteiger partial charge in [-0.05, 0) is 25.8 Å². The molecule has 1 aliphatic heterocycles. The van der Waals surface area contributed by atoms with Crippen molar-refractivity contribution in [2.24, 2.45) is 7.05 Å². The Hall–Kier alpha value is -2.16. The monoisotopic (exact) mass is 341 g/mol. The topological polar surface area (TPSA) is 64.9 Å². The normalized spacial score (nSPS) is 18.1. The van der Waals surface area contributed by atoms with E-state index in [9.17, 15) is 13.2 Å². The van der Waals surface area contributed by atoms with Gasteiger partial charge in [0.15, 0.2) is 5.69 Å². The Balaban J connectivity index is 1.92. The number of rotatable bonds is 4. The van der Waals surface area contributed by atoms with Crippen LogP contribution in [0.1, 0.15) is 24.2 Å². The Morgan fingerprint density at radius 2 is 2.17 bits per heavy atom. The first kappa shape index (κ1) is 16.7. The van der Waals surface area contributed by atoms with Gasteiger partial charge in [0.05, 0.1) is 18.0 Å². The highest BCUT2D eigenvalue weighted by Crippen LogP contribution is 2.32. The molecule has 0 spiro atoms. The van der Waals surface area contributed by atoms with E-state index in [1.807, 2.05) is 0 Å². The third-order valence-corrected chi connectivity index (χ3v) is 4.04. The van der Waals surface area contributed by atoms with E-state index in [-0.39, 0.29) is 17.7 Å². The summed E-state index contributed by atoms with van der Waals surface area (Å²) >= 11 is 0. The van der Waals surface area contributed by atoms with Crippen LogP contribution >= 0.6 is 0 Å². The number of halogens is 3. The zero-order valence-electron chi connectivity index (χ0n) is 13.4. The van der Waals surface area contributed by atoms with E-state index in [2.05, 4.69) is 20.4 Å². The molecule has 130 valence electrons. The lowest BCUT2D eigenvalue weighted by Crippen LogP contribution is -2.21. The quantitative estimate of drug-likeness (QED) is 0.926. The third-order valence-electron chi connectivity index (χ3n) is 4.04. The maximum absolute atomic E-state index is 13.1. The summed E-state index contributed by atoms with van der Waals surface area (Å²) in [6, 6.07) is 0.946. The van der Waals surface area contributed by atoms with E-state index < -0.39 is 11.9 Å². The van der Waals surface area contributed by atoms with Gasteiger partial charge in [0.25, 0.3) is 0 Å². The zero-order chi connectivity index (χ0) is 17.3. The Kier molecular flexibility index (Phi) is 4.44. The summed E-state index contributed by atoms with van der Waals surface area (Å²) in [7, 11) is 1.72. The molecular weight excluding hydrogens is 323 g/mol. The molecule has 1 fully saturated rings. The fraction of sp³-hybridized carbons (Fsp3) is 0.533. The van der Waals surface area contributed by atoms with Crippen molar-refractivity contribution < 1.29 is 17.9 Å². The van der Waals surface area contributed by atoms with Crippen LogP contribution in [0.2, 0.25) is 0 Å². The Morgan fingerprint density at radius 3 is 2.75 bits per heavy atom. The van der Waals surface area contributed by atoms with E-state index in [0.717, 1.165) is 24.6 Å². The molecule has 0 bridgehead atoms. The molecular formula is C15H18F3N5O. The number of hydrogen-bond acceptors (Lipinski definition) is 5. The number of nitrogens with zero attached hydrogens (tertiary/aromatic N) is 4. The van der Waals surface area contributed by atoms with Crippen LogP contribution in [-0.4, -0.2) is 39.0 Å². The summed E-state index contributed by atoms with van der Waals surface area (Å²) in [6.45, 7) is 2.83. The highest BCUT2D eigenvalue weighted by molar-refractivity contribution is 5.62. The van der Waals surface area contributed by atoms with Gasteiger partial charge >= 0.3 is 6.18 Å². The minimum atomic E-state index is -4.55. The van der Waals surface area contributed by atoms with E-state index in [0.29, 0.717) is 18.7 Å². The van der Waals surface area contributed by atoms with Gasteiger partial charge in [0.1, 0.15) is 0 Å². The SMILES string of the molecule is Cc1c(-c2cc(C(F)(F)F)nc(NCC3CCCO3)n2)cnn1C. The molecule has 0 radical (unpaired) electrons. The summed E-state index contributed by atoms with van der Waals surface area (Å²) in [5.74, 6) is -0.0569. The van der Waals surface area contributed by atoms with Gasteiger partial charge in [-0.1, -0.05) is 0 Å². The average Bonchev–Trinajstić information content (AvgIpc) is 3.15. The largest absolute Gasteiger partial charge is 0.433 e. The van der Waals surface area contributed by atoms with Crippen LogP contribution < -0.4 is 5.32 Å². The first-order valence-electron chi connectivity index (χ1n) is 7.65. The molecule has 1 saturated heterocycles. The van der Waals surface area contributed by atoms with Crippen LogP contribution in [0.25, 0.3) is 11.3 Å². The highest BCUT2D eigenvalue weighted by Gasteiger charge is 2.34. The molecule has 0 amide bonds.